The van der Waals surface area contributed by atoms with Gasteiger partial charge in [-0.3, -0.25) is 0 Å². The van der Waals surface area contributed by atoms with Crippen LogP contribution in [0.2, 0.25) is 5.02 Å². The highest BCUT2D eigenvalue weighted by Gasteiger charge is 2.13. The second-order valence-corrected chi connectivity index (χ2v) is 5.45. The van der Waals surface area contributed by atoms with Crippen molar-refractivity contribution in [1.29, 1.82) is 0 Å². The van der Waals surface area contributed by atoms with Crippen LogP contribution in [0.25, 0.3) is 11.1 Å². The zero-order valence-electron chi connectivity index (χ0n) is 12.1. The van der Waals surface area contributed by atoms with Crippen molar-refractivity contribution >= 4 is 11.6 Å². The highest BCUT2D eigenvalue weighted by atomic mass is 35.5. The summed E-state index contributed by atoms with van der Waals surface area (Å²) in [6, 6.07) is 8.92. The molecule has 0 heterocycles. The SMILES string of the molecule is CCCNC(C)c1ccc(F)c(-c2cc(F)ccc2Cl)c1. The predicted octanol–water partition coefficient (Wildman–Crippen LogP) is 5.35. The first-order chi connectivity index (χ1) is 10.0. The summed E-state index contributed by atoms with van der Waals surface area (Å²) in [5.41, 5.74) is 1.64. The lowest BCUT2D eigenvalue weighted by molar-refractivity contribution is 0.568. The minimum atomic E-state index is -0.434. The van der Waals surface area contributed by atoms with Gasteiger partial charge in [-0.05, 0) is 55.8 Å². The second kappa shape index (κ2) is 7.01. The highest BCUT2D eigenvalue weighted by molar-refractivity contribution is 6.33. The van der Waals surface area contributed by atoms with Gasteiger partial charge < -0.3 is 5.32 Å². The summed E-state index contributed by atoms with van der Waals surface area (Å²) in [4.78, 5) is 0. The lowest BCUT2D eigenvalue weighted by Gasteiger charge is -2.16. The zero-order valence-corrected chi connectivity index (χ0v) is 12.8. The molecular weight excluding hydrogens is 292 g/mol. The van der Waals surface area contributed by atoms with Gasteiger partial charge >= 0.3 is 0 Å². The van der Waals surface area contributed by atoms with Crippen molar-refractivity contribution < 1.29 is 8.78 Å². The molecule has 4 heteroatoms. The van der Waals surface area contributed by atoms with Crippen LogP contribution in [0.5, 0.6) is 0 Å². The molecule has 0 saturated carbocycles. The zero-order chi connectivity index (χ0) is 15.4. The number of hydrogen-bond acceptors (Lipinski definition) is 1. The maximum atomic E-state index is 14.1. The van der Waals surface area contributed by atoms with Crippen molar-refractivity contribution in [2.45, 2.75) is 26.3 Å². The third-order valence-corrected chi connectivity index (χ3v) is 3.74. The highest BCUT2D eigenvalue weighted by Crippen LogP contribution is 2.32. The van der Waals surface area contributed by atoms with E-state index < -0.39 is 11.6 Å². The molecule has 1 atom stereocenters. The van der Waals surface area contributed by atoms with Gasteiger partial charge in [-0.15, -0.1) is 0 Å². The van der Waals surface area contributed by atoms with Gasteiger partial charge in [0, 0.05) is 22.2 Å². The standard InChI is InChI=1S/C17H18ClF2N/c1-3-8-21-11(2)12-4-7-17(20)15(9-12)14-10-13(19)5-6-16(14)18/h4-7,9-11,21H,3,8H2,1-2H3. The van der Waals surface area contributed by atoms with E-state index in [9.17, 15) is 8.78 Å². The van der Waals surface area contributed by atoms with E-state index in [4.69, 9.17) is 11.6 Å². The second-order valence-electron chi connectivity index (χ2n) is 5.04. The van der Waals surface area contributed by atoms with E-state index in [0.29, 0.717) is 16.1 Å². The van der Waals surface area contributed by atoms with E-state index in [1.165, 1.54) is 24.3 Å². The maximum Gasteiger partial charge on any atom is 0.131 e. The van der Waals surface area contributed by atoms with Crippen molar-refractivity contribution in [3.05, 3.63) is 58.6 Å². The summed E-state index contributed by atoms with van der Waals surface area (Å²) in [6.45, 7) is 4.98. The van der Waals surface area contributed by atoms with Crippen LogP contribution in [0.3, 0.4) is 0 Å². The van der Waals surface area contributed by atoms with Crippen LogP contribution in [0.15, 0.2) is 36.4 Å². The van der Waals surface area contributed by atoms with E-state index in [2.05, 4.69) is 12.2 Å². The number of hydrogen-bond donors (Lipinski definition) is 1. The molecule has 2 aromatic carbocycles. The quantitative estimate of drug-likeness (QED) is 0.785. The summed E-state index contributed by atoms with van der Waals surface area (Å²) < 4.78 is 27.5. The molecular formula is C17H18ClF2N. The van der Waals surface area contributed by atoms with Crippen molar-refractivity contribution in [3.8, 4) is 11.1 Å². The van der Waals surface area contributed by atoms with E-state index in [0.717, 1.165) is 18.5 Å². The first-order valence-corrected chi connectivity index (χ1v) is 7.39. The van der Waals surface area contributed by atoms with Gasteiger partial charge in [0.05, 0.1) is 0 Å². The topological polar surface area (TPSA) is 12.0 Å². The van der Waals surface area contributed by atoms with Crippen LogP contribution in [0, 0.1) is 11.6 Å². The van der Waals surface area contributed by atoms with Gasteiger partial charge in [0.25, 0.3) is 0 Å². The van der Waals surface area contributed by atoms with Crippen LogP contribution in [0.1, 0.15) is 31.9 Å². The van der Waals surface area contributed by atoms with Gasteiger partial charge in [0.1, 0.15) is 11.6 Å². The Bertz CT molecular complexity index is 628. The minimum Gasteiger partial charge on any atom is -0.310 e. The fourth-order valence-electron chi connectivity index (χ4n) is 2.20. The summed E-state index contributed by atoms with van der Waals surface area (Å²) in [6.07, 6.45) is 1.02. The van der Waals surface area contributed by atoms with E-state index in [-0.39, 0.29) is 6.04 Å². The van der Waals surface area contributed by atoms with Gasteiger partial charge in [-0.1, -0.05) is 24.6 Å². The fraction of sp³-hybridized carbons (Fsp3) is 0.294. The van der Waals surface area contributed by atoms with Crippen LogP contribution < -0.4 is 5.32 Å². The first-order valence-electron chi connectivity index (χ1n) is 7.01. The van der Waals surface area contributed by atoms with E-state index >= 15 is 0 Å². The molecule has 112 valence electrons. The Balaban J connectivity index is 2.41. The molecule has 2 aromatic rings. The third kappa shape index (κ3) is 3.80. The van der Waals surface area contributed by atoms with Gasteiger partial charge in [-0.25, -0.2) is 8.78 Å². The van der Waals surface area contributed by atoms with Gasteiger partial charge in [0.15, 0.2) is 0 Å². The Hall–Kier alpha value is -1.45. The molecule has 0 aliphatic heterocycles. The molecule has 0 aromatic heterocycles. The summed E-state index contributed by atoms with van der Waals surface area (Å²) >= 11 is 6.07. The molecule has 1 unspecified atom stereocenters. The molecule has 0 aliphatic rings. The van der Waals surface area contributed by atoms with Crippen LogP contribution in [-0.2, 0) is 0 Å². The molecule has 0 amide bonds. The predicted molar refractivity (Wildman–Crippen MR) is 83.5 cm³/mol. The molecule has 2 rings (SSSR count). The van der Waals surface area contributed by atoms with Crippen molar-refractivity contribution in [1.82, 2.24) is 5.32 Å². The van der Waals surface area contributed by atoms with Crippen molar-refractivity contribution in [3.63, 3.8) is 0 Å². The number of rotatable bonds is 5. The third-order valence-electron chi connectivity index (χ3n) is 3.41. The molecule has 0 radical (unpaired) electrons. The molecule has 1 nitrogen and oxygen atoms in total. The number of benzene rings is 2. The molecule has 0 saturated heterocycles. The molecule has 0 aliphatic carbocycles. The summed E-state index contributed by atoms with van der Waals surface area (Å²) in [7, 11) is 0. The van der Waals surface area contributed by atoms with Crippen molar-refractivity contribution in [2.75, 3.05) is 6.54 Å². The average molecular weight is 310 g/mol. The summed E-state index contributed by atoms with van der Waals surface area (Å²) in [5, 5.41) is 3.68. The molecule has 0 spiro atoms. The molecule has 21 heavy (non-hydrogen) atoms. The van der Waals surface area contributed by atoms with E-state index in [1.807, 2.05) is 6.92 Å². The number of nitrogens with one attached hydrogen (secondary N) is 1. The van der Waals surface area contributed by atoms with Crippen LogP contribution in [-0.4, -0.2) is 6.54 Å². The average Bonchev–Trinajstić information content (AvgIpc) is 2.48. The smallest absolute Gasteiger partial charge is 0.131 e. The Labute approximate surface area is 128 Å². The summed E-state index contributed by atoms with van der Waals surface area (Å²) in [5.74, 6) is -0.842. The Morgan fingerprint density at radius 1 is 1.10 bits per heavy atom. The number of halogens is 3. The van der Waals surface area contributed by atoms with Crippen LogP contribution >= 0.6 is 11.6 Å². The lowest BCUT2D eigenvalue weighted by atomic mass is 9.99. The molecule has 1 N–H and O–H groups in total. The Morgan fingerprint density at radius 2 is 1.86 bits per heavy atom. The molecule has 0 bridgehead atoms. The Morgan fingerprint density at radius 3 is 2.57 bits per heavy atom. The minimum absolute atomic E-state index is 0.0941. The fourth-order valence-corrected chi connectivity index (χ4v) is 2.42. The Kier molecular flexibility index (Phi) is 5.32. The van der Waals surface area contributed by atoms with Gasteiger partial charge in [0.2, 0.25) is 0 Å². The van der Waals surface area contributed by atoms with Gasteiger partial charge in [-0.2, -0.15) is 0 Å². The normalized spacial score (nSPS) is 12.4. The van der Waals surface area contributed by atoms with Crippen molar-refractivity contribution in [2.24, 2.45) is 0 Å². The largest absolute Gasteiger partial charge is 0.310 e. The van der Waals surface area contributed by atoms with Crippen LogP contribution in [0.4, 0.5) is 8.78 Å². The maximum absolute atomic E-state index is 14.1. The first kappa shape index (κ1) is 15.9. The van der Waals surface area contributed by atoms with E-state index in [1.54, 1.807) is 12.1 Å². The lowest BCUT2D eigenvalue weighted by Crippen LogP contribution is -2.19. The molecule has 0 fully saturated rings. The monoisotopic (exact) mass is 309 g/mol.